The van der Waals surface area contributed by atoms with Gasteiger partial charge in [-0.3, -0.25) is 4.98 Å². The summed E-state index contributed by atoms with van der Waals surface area (Å²) in [5.74, 6) is 0. The van der Waals surface area contributed by atoms with Gasteiger partial charge in [0, 0.05) is 16.1 Å². The molecule has 78 valence electrons. The van der Waals surface area contributed by atoms with Crippen molar-refractivity contribution in [3.05, 3.63) is 40.5 Å². The topological polar surface area (TPSA) is 33.1 Å². The molecule has 0 bridgehead atoms. The Labute approximate surface area is 93.5 Å². The summed E-state index contributed by atoms with van der Waals surface area (Å²) in [6, 6.07) is 7.41. The van der Waals surface area contributed by atoms with Crippen molar-refractivity contribution < 1.29 is 5.11 Å². The SMILES string of the molecule is Cc1cc(C(C)O)c2cc(Cl)ccc2n1. The van der Waals surface area contributed by atoms with Crippen LogP contribution in [-0.2, 0) is 0 Å². The average molecular weight is 222 g/mol. The zero-order valence-corrected chi connectivity index (χ0v) is 9.42. The summed E-state index contributed by atoms with van der Waals surface area (Å²) in [7, 11) is 0. The maximum Gasteiger partial charge on any atom is 0.0769 e. The maximum atomic E-state index is 9.67. The first kappa shape index (κ1) is 10.4. The first-order valence-corrected chi connectivity index (χ1v) is 5.20. The van der Waals surface area contributed by atoms with Gasteiger partial charge in [-0.05, 0) is 43.7 Å². The monoisotopic (exact) mass is 221 g/mol. The number of hydrogen-bond donors (Lipinski definition) is 1. The number of pyridine rings is 1. The lowest BCUT2D eigenvalue weighted by molar-refractivity contribution is 0.200. The third-order valence-corrected chi connectivity index (χ3v) is 2.62. The van der Waals surface area contributed by atoms with Crippen LogP contribution >= 0.6 is 11.6 Å². The van der Waals surface area contributed by atoms with E-state index in [-0.39, 0.29) is 0 Å². The fourth-order valence-electron chi connectivity index (χ4n) is 1.71. The second-order valence-electron chi connectivity index (χ2n) is 3.69. The smallest absolute Gasteiger partial charge is 0.0769 e. The highest BCUT2D eigenvalue weighted by molar-refractivity contribution is 6.31. The van der Waals surface area contributed by atoms with E-state index in [0.717, 1.165) is 22.2 Å². The fourth-order valence-corrected chi connectivity index (χ4v) is 1.88. The minimum Gasteiger partial charge on any atom is -0.389 e. The maximum absolute atomic E-state index is 9.67. The summed E-state index contributed by atoms with van der Waals surface area (Å²) in [5, 5.41) is 11.2. The van der Waals surface area contributed by atoms with Crippen LogP contribution in [0.15, 0.2) is 24.3 Å². The fraction of sp³-hybridized carbons (Fsp3) is 0.250. The number of aryl methyl sites for hydroxylation is 1. The molecule has 0 amide bonds. The lowest BCUT2D eigenvalue weighted by atomic mass is 10.0. The minimum atomic E-state index is -0.507. The van der Waals surface area contributed by atoms with E-state index in [9.17, 15) is 5.11 Å². The molecule has 15 heavy (non-hydrogen) atoms. The van der Waals surface area contributed by atoms with Crippen molar-refractivity contribution in [3.8, 4) is 0 Å². The molecule has 2 nitrogen and oxygen atoms in total. The summed E-state index contributed by atoms with van der Waals surface area (Å²) in [6.45, 7) is 3.66. The van der Waals surface area contributed by atoms with E-state index < -0.39 is 6.10 Å². The molecule has 1 N–H and O–H groups in total. The van der Waals surface area contributed by atoms with Gasteiger partial charge in [-0.1, -0.05) is 11.6 Å². The minimum absolute atomic E-state index is 0.507. The van der Waals surface area contributed by atoms with Crippen molar-refractivity contribution in [3.63, 3.8) is 0 Å². The van der Waals surface area contributed by atoms with Crippen molar-refractivity contribution in [2.24, 2.45) is 0 Å². The summed E-state index contributed by atoms with van der Waals surface area (Å²) in [4.78, 5) is 4.39. The van der Waals surface area contributed by atoms with Crippen molar-refractivity contribution >= 4 is 22.5 Å². The number of aromatic nitrogens is 1. The van der Waals surface area contributed by atoms with Crippen LogP contribution in [-0.4, -0.2) is 10.1 Å². The molecule has 1 heterocycles. The predicted molar refractivity (Wildman–Crippen MR) is 62.1 cm³/mol. The molecule has 1 aromatic heterocycles. The Morgan fingerprint density at radius 2 is 2.07 bits per heavy atom. The number of rotatable bonds is 1. The van der Waals surface area contributed by atoms with E-state index in [1.807, 2.05) is 31.2 Å². The predicted octanol–water partition coefficient (Wildman–Crippen LogP) is 3.25. The summed E-state index contributed by atoms with van der Waals surface area (Å²) < 4.78 is 0. The molecule has 1 unspecified atom stereocenters. The highest BCUT2D eigenvalue weighted by atomic mass is 35.5. The molecular formula is C12H12ClNO. The Balaban J connectivity index is 2.81. The van der Waals surface area contributed by atoms with E-state index in [4.69, 9.17) is 11.6 Å². The molecule has 0 aliphatic carbocycles. The molecule has 2 rings (SSSR count). The number of nitrogens with zero attached hydrogens (tertiary/aromatic N) is 1. The molecule has 0 saturated heterocycles. The number of fused-ring (bicyclic) bond motifs is 1. The van der Waals surface area contributed by atoms with E-state index in [0.29, 0.717) is 5.02 Å². The second kappa shape index (κ2) is 3.80. The van der Waals surface area contributed by atoms with Crippen LogP contribution in [0.4, 0.5) is 0 Å². The third kappa shape index (κ3) is 1.96. The quantitative estimate of drug-likeness (QED) is 0.802. The van der Waals surface area contributed by atoms with E-state index in [1.54, 1.807) is 6.92 Å². The normalized spacial score (nSPS) is 13.1. The number of halogens is 1. The molecule has 2 aromatic rings. The van der Waals surface area contributed by atoms with Crippen molar-refractivity contribution in [1.29, 1.82) is 0 Å². The molecule has 0 aliphatic rings. The molecule has 0 aliphatic heterocycles. The van der Waals surface area contributed by atoms with Crippen LogP contribution in [0.5, 0.6) is 0 Å². The van der Waals surface area contributed by atoms with Gasteiger partial charge >= 0.3 is 0 Å². The molecule has 0 spiro atoms. The van der Waals surface area contributed by atoms with Gasteiger partial charge in [-0.2, -0.15) is 0 Å². The highest BCUT2D eigenvalue weighted by Crippen LogP contribution is 2.26. The van der Waals surface area contributed by atoms with Gasteiger partial charge in [0.2, 0.25) is 0 Å². The molecule has 3 heteroatoms. The van der Waals surface area contributed by atoms with Crippen LogP contribution in [0.2, 0.25) is 5.02 Å². The largest absolute Gasteiger partial charge is 0.389 e. The van der Waals surface area contributed by atoms with Gasteiger partial charge in [0.25, 0.3) is 0 Å². The summed E-state index contributed by atoms with van der Waals surface area (Å²) in [6.07, 6.45) is -0.507. The molecule has 0 fully saturated rings. The molecular weight excluding hydrogens is 210 g/mol. The molecule has 1 aromatic carbocycles. The van der Waals surface area contributed by atoms with E-state index >= 15 is 0 Å². The van der Waals surface area contributed by atoms with Gasteiger partial charge in [0.05, 0.1) is 11.6 Å². The van der Waals surface area contributed by atoms with Crippen LogP contribution in [0.25, 0.3) is 10.9 Å². The van der Waals surface area contributed by atoms with Crippen molar-refractivity contribution in [1.82, 2.24) is 4.98 Å². The van der Waals surface area contributed by atoms with Gasteiger partial charge in [-0.25, -0.2) is 0 Å². The first-order chi connectivity index (χ1) is 7.08. The van der Waals surface area contributed by atoms with E-state index in [1.165, 1.54) is 0 Å². The second-order valence-corrected chi connectivity index (χ2v) is 4.13. The first-order valence-electron chi connectivity index (χ1n) is 4.83. The Hall–Kier alpha value is -1.12. The standard InChI is InChI=1S/C12H12ClNO/c1-7-5-10(8(2)15)11-6-9(13)3-4-12(11)14-7/h3-6,8,15H,1-2H3. The Bertz CT molecular complexity index is 508. The van der Waals surface area contributed by atoms with Crippen molar-refractivity contribution in [2.45, 2.75) is 20.0 Å². The van der Waals surface area contributed by atoms with Crippen LogP contribution in [0, 0.1) is 6.92 Å². The number of hydrogen-bond acceptors (Lipinski definition) is 2. The summed E-state index contributed by atoms with van der Waals surface area (Å²) in [5.41, 5.74) is 2.65. The van der Waals surface area contributed by atoms with Crippen LogP contribution < -0.4 is 0 Å². The van der Waals surface area contributed by atoms with Crippen LogP contribution in [0.1, 0.15) is 24.3 Å². The van der Waals surface area contributed by atoms with Gasteiger partial charge in [0.1, 0.15) is 0 Å². The zero-order valence-electron chi connectivity index (χ0n) is 8.66. The number of aliphatic hydroxyl groups excluding tert-OH is 1. The van der Waals surface area contributed by atoms with Gasteiger partial charge in [-0.15, -0.1) is 0 Å². The lowest BCUT2D eigenvalue weighted by Crippen LogP contribution is -1.96. The van der Waals surface area contributed by atoms with Gasteiger partial charge in [0.15, 0.2) is 0 Å². The Kier molecular flexibility index (Phi) is 2.63. The average Bonchev–Trinajstić information content (AvgIpc) is 2.17. The molecule has 0 saturated carbocycles. The Morgan fingerprint density at radius 1 is 1.33 bits per heavy atom. The van der Waals surface area contributed by atoms with Crippen molar-refractivity contribution in [2.75, 3.05) is 0 Å². The molecule has 0 radical (unpaired) electrons. The van der Waals surface area contributed by atoms with Crippen LogP contribution in [0.3, 0.4) is 0 Å². The zero-order chi connectivity index (χ0) is 11.0. The summed E-state index contributed by atoms with van der Waals surface area (Å²) >= 11 is 5.93. The lowest BCUT2D eigenvalue weighted by Gasteiger charge is -2.10. The number of benzene rings is 1. The highest BCUT2D eigenvalue weighted by Gasteiger charge is 2.08. The van der Waals surface area contributed by atoms with Gasteiger partial charge < -0.3 is 5.11 Å². The Morgan fingerprint density at radius 3 is 2.73 bits per heavy atom. The van der Waals surface area contributed by atoms with E-state index in [2.05, 4.69) is 4.98 Å². The molecule has 1 atom stereocenters. The number of aliphatic hydroxyl groups is 1. The third-order valence-electron chi connectivity index (χ3n) is 2.38.